The van der Waals surface area contributed by atoms with Gasteiger partial charge in [0, 0.05) is 5.56 Å². The van der Waals surface area contributed by atoms with Gasteiger partial charge >= 0.3 is 6.16 Å². The molecule has 0 aliphatic carbocycles. The second kappa shape index (κ2) is 7.98. The van der Waals surface area contributed by atoms with E-state index in [4.69, 9.17) is 9.15 Å². The minimum atomic E-state index is -0.841. The molecule has 1 aromatic heterocycles. The van der Waals surface area contributed by atoms with E-state index in [2.05, 4.69) is 10.1 Å². The molecule has 0 aliphatic rings. The largest absolute Gasteiger partial charge is 0.513 e. The van der Waals surface area contributed by atoms with E-state index >= 15 is 0 Å². The van der Waals surface area contributed by atoms with Gasteiger partial charge in [0.1, 0.15) is 23.1 Å². The van der Waals surface area contributed by atoms with E-state index in [1.165, 1.54) is 38.1 Å². The van der Waals surface area contributed by atoms with Crippen molar-refractivity contribution < 1.29 is 28.3 Å². The smallest absolute Gasteiger partial charge is 0.443 e. The first kappa shape index (κ1) is 18.7. The number of carbonyl (C=O) groups is 3. The molecule has 0 aliphatic heterocycles. The van der Waals surface area contributed by atoms with Gasteiger partial charge in [0.2, 0.25) is 5.88 Å². The summed E-state index contributed by atoms with van der Waals surface area (Å²) in [6.07, 6.45) is -0.841. The number of nitrogens with zero attached hydrogens (tertiary/aromatic N) is 1. The number of amides is 1. The Morgan fingerprint density at radius 1 is 1.23 bits per heavy atom. The summed E-state index contributed by atoms with van der Waals surface area (Å²) >= 11 is 0. The predicted octanol–water partition coefficient (Wildman–Crippen LogP) is 3.45. The van der Waals surface area contributed by atoms with E-state index in [0.29, 0.717) is 0 Å². The van der Waals surface area contributed by atoms with Gasteiger partial charge in [-0.15, -0.1) is 0 Å². The van der Waals surface area contributed by atoms with Gasteiger partial charge in [-0.1, -0.05) is 0 Å². The zero-order chi connectivity index (χ0) is 19.3. The lowest BCUT2D eigenvalue weighted by molar-refractivity contribution is 0.100. The van der Waals surface area contributed by atoms with Gasteiger partial charge in [-0.25, -0.2) is 4.79 Å². The number of rotatable bonds is 5. The summed E-state index contributed by atoms with van der Waals surface area (Å²) in [4.78, 5) is 35.2. The number of Topliss-reactive ketones (excluding diaryl/α,β-unsaturated/α-hetero) is 1. The zero-order valence-corrected chi connectivity index (χ0v) is 14.4. The minimum Gasteiger partial charge on any atom is -0.443 e. The second-order valence-electron chi connectivity index (χ2n) is 5.17. The normalized spacial score (nSPS) is 9.92. The Bertz CT molecular complexity index is 890. The molecule has 0 saturated heterocycles. The first-order chi connectivity index (χ1) is 12.4. The summed E-state index contributed by atoms with van der Waals surface area (Å²) in [6, 6.07) is 7.57. The lowest BCUT2D eigenvalue weighted by Crippen LogP contribution is -2.13. The first-order valence-electron chi connectivity index (χ1n) is 7.67. The maximum Gasteiger partial charge on any atom is 0.513 e. The predicted molar refractivity (Wildman–Crippen MR) is 90.2 cm³/mol. The molecule has 134 valence electrons. The SMILES string of the molecule is CCOC(=O)Oc1ccc(C(=O)Nc2oc(C)c(C(C)=O)c2C#N)cc1. The molecule has 0 radical (unpaired) electrons. The van der Waals surface area contributed by atoms with Crippen LogP contribution in [-0.2, 0) is 4.74 Å². The third-order valence-corrected chi connectivity index (χ3v) is 3.36. The summed E-state index contributed by atoms with van der Waals surface area (Å²) in [5.74, 6) is -0.503. The summed E-state index contributed by atoms with van der Waals surface area (Å²) < 4.78 is 14.9. The van der Waals surface area contributed by atoms with Gasteiger partial charge in [-0.05, 0) is 45.0 Å². The topological polar surface area (TPSA) is 119 Å². The Morgan fingerprint density at radius 3 is 2.42 bits per heavy atom. The summed E-state index contributed by atoms with van der Waals surface area (Å²) in [5, 5.41) is 11.7. The molecule has 0 saturated carbocycles. The summed E-state index contributed by atoms with van der Waals surface area (Å²) in [7, 11) is 0. The fourth-order valence-electron chi connectivity index (χ4n) is 2.26. The Hall–Kier alpha value is -3.60. The molecule has 8 nitrogen and oxygen atoms in total. The van der Waals surface area contributed by atoms with Gasteiger partial charge < -0.3 is 13.9 Å². The molecule has 8 heteroatoms. The number of ether oxygens (including phenoxy) is 2. The fourth-order valence-corrected chi connectivity index (χ4v) is 2.26. The number of aryl methyl sites for hydroxylation is 1. The van der Waals surface area contributed by atoms with Crippen LogP contribution in [0.5, 0.6) is 5.75 Å². The number of nitrogens with one attached hydrogen (secondary N) is 1. The number of ketones is 1. The Labute approximate surface area is 149 Å². The highest BCUT2D eigenvalue weighted by Gasteiger charge is 2.22. The number of hydrogen-bond acceptors (Lipinski definition) is 7. The van der Waals surface area contributed by atoms with Crippen molar-refractivity contribution in [3.8, 4) is 11.8 Å². The van der Waals surface area contributed by atoms with Crippen molar-refractivity contribution in [3.63, 3.8) is 0 Å². The zero-order valence-electron chi connectivity index (χ0n) is 14.4. The van der Waals surface area contributed by atoms with Crippen molar-refractivity contribution >= 4 is 23.7 Å². The molecule has 1 aromatic carbocycles. The van der Waals surface area contributed by atoms with E-state index in [1.807, 2.05) is 6.07 Å². The Kier molecular flexibility index (Phi) is 5.75. The number of carbonyl (C=O) groups excluding carboxylic acids is 3. The van der Waals surface area contributed by atoms with Crippen LogP contribution in [0.1, 0.15) is 45.9 Å². The molecule has 1 heterocycles. The average molecular weight is 356 g/mol. The highest BCUT2D eigenvalue weighted by molar-refractivity contribution is 6.06. The molecule has 0 bridgehead atoms. The van der Waals surface area contributed by atoms with Gasteiger partial charge in [0.25, 0.3) is 5.91 Å². The van der Waals surface area contributed by atoms with Crippen LogP contribution in [0.4, 0.5) is 10.7 Å². The van der Waals surface area contributed by atoms with E-state index in [9.17, 15) is 19.6 Å². The van der Waals surface area contributed by atoms with Gasteiger partial charge in [0.15, 0.2) is 5.78 Å². The van der Waals surface area contributed by atoms with Crippen molar-refractivity contribution in [1.82, 2.24) is 0 Å². The first-order valence-corrected chi connectivity index (χ1v) is 7.67. The van der Waals surface area contributed by atoms with E-state index in [1.54, 1.807) is 6.92 Å². The Balaban J connectivity index is 2.16. The van der Waals surface area contributed by atoms with Crippen LogP contribution in [0.15, 0.2) is 28.7 Å². The van der Waals surface area contributed by atoms with Crippen molar-refractivity contribution in [2.24, 2.45) is 0 Å². The van der Waals surface area contributed by atoms with Gasteiger partial charge in [-0.2, -0.15) is 5.26 Å². The molecule has 1 N–H and O–H groups in total. The highest BCUT2D eigenvalue weighted by Crippen LogP contribution is 2.27. The van der Waals surface area contributed by atoms with Crippen LogP contribution in [0, 0.1) is 18.3 Å². The van der Waals surface area contributed by atoms with Crippen LogP contribution in [-0.4, -0.2) is 24.5 Å². The molecular weight excluding hydrogens is 340 g/mol. The van der Waals surface area contributed by atoms with Gasteiger partial charge in [-0.3, -0.25) is 14.9 Å². The summed E-state index contributed by atoms with van der Waals surface area (Å²) in [6.45, 7) is 4.69. The molecule has 0 unspecified atom stereocenters. The van der Waals surface area contributed by atoms with Crippen molar-refractivity contribution in [1.29, 1.82) is 5.26 Å². The van der Waals surface area contributed by atoms with E-state index in [0.717, 1.165) is 0 Å². The van der Waals surface area contributed by atoms with E-state index in [-0.39, 0.29) is 46.5 Å². The molecular formula is C18H16N2O6. The van der Waals surface area contributed by atoms with E-state index < -0.39 is 12.1 Å². The number of benzene rings is 1. The average Bonchev–Trinajstić information content (AvgIpc) is 2.90. The molecule has 0 spiro atoms. The number of anilines is 1. The van der Waals surface area contributed by atoms with Crippen molar-refractivity contribution in [3.05, 3.63) is 46.7 Å². The van der Waals surface area contributed by atoms with Crippen LogP contribution in [0.3, 0.4) is 0 Å². The molecule has 26 heavy (non-hydrogen) atoms. The van der Waals surface area contributed by atoms with Gasteiger partial charge in [0.05, 0.1) is 12.2 Å². The van der Waals surface area contributed by atoms with Crippen molar-refractivity contribution in [2.75, 3.05) is 11.9 Å². The molecule has 0 atom stereocenters. The molecule has 0 fully saturated rings. The lowest BCUT2D eigenvalue weighted by Gasteiger charge is -2.06. The minimum absolute atomic E-state index is 0.0226. The van der Waals surface area contributed by atoms with Crippen LogP contribution >= 0.6 is 0 Å². The number of nitriles is 1. The third kappa shape index (κ3) is 4.08. The van der Waals surface area contributed by atoms with Crippen LogP contribution in [0.25, 0.3) is 0 Å². The molecule has 2 aromatic rings. The highest BCUT2D eigenvalue weighted by atomic mass is 16.7. The van der Waals surface area contributed by atoms with Crippen LogP contribution in [0.2, 0.25) is 0 Å². The van der Waals surface area contributed by atoms with Crippen LogP contribution < -0.4 is 10.1 Å². The maximum absolute atomic E-state index is 12.3. The molecule has 1 amide bonds. The number of furan rings is 1. The quantitative estimate of drug-likeness (QED) is 0.495. The fraction of sp³-hybridized carbons (Fsp3) is 0.222. The monoisotopic (exact) mass is 356 g/mol. The maximum atomic E-state index is 12.3. The molecule has 2 rings (SSSR count). The Morgan fingerprint density at radius 2 is 1.88 bits per heavy atom. The standard InChI is InChI=1S/C18H16N2O6/c1-4-24-18(23)26-13-7-5-12(6-8-13)16(22)20-17-14(9-19)15(10(2)21)11(3)25-17/h5-8H,4H2,1-3H3,(H,20,22). The third-order valence-electron chi connectivity index (χ3n) is 3.36. The second-order valence-corrected chi connectivity index (χ2v) is 5.17. The summed E-state index contributed by atoms with van der Waals surface area (Å²) in [5.41, 5.74) is 0.357. The van der Waals surface area contributed by atoms with Crippen molar-refractivity contribution in [2.45, 2.75) is 20.8 Å². The lowest BCUT2D eigenvalue weighted by atomic mass is 10.1. The number of hydrogen-bond donors (Lipinski definition) is 1.